The summed E-state index contributed by atoms with van der Waals surface area (Å²) in [6.45, 7) is 10.7. The number of hydrogen-bond donors (Lipinski definition) is 1. The lowest BCUT2D eigenvalue weighted by molar-refractivity contribution is 0.171. The number of hydrogen-bond acceptors (Lipinski definition) is 2. The Balaban J connectivity index is 1.98. The number of nitrogens with zero attached hydrogens (tertiary/aromatic N) is 1. The topological polar surface area (TPSA) is 15.3 Å². The van der Waals surface area contributed by atoms with Crippen molar-refractivity contribution < 1.29 is 0 Å². The van der Waals surface area contributed by atoms with Gasteiger partial charge in [-0.05, 0) is 20.8 Å². The summed E-state index contributed by atoms with van der Waals surface area (Å²) in [5.74, 6) is 0.953. The normalized spacial score (nSPS) is 38.5. The highest BCUT2D eigenvalue weighted by molar-refractivity contribution is 5.00. The fourth-order valence-corrected chi connectivity index (χ4v) is 2.00. The zero-order valence-corrected chi connectivity index (χ0v) is 7.72. The van der Waals surface area contributed by atoms with Gasteiger partial charge in [0.15, 0.2) is 0 Å². The average molecular weight is 154 g/mol. The second kappa shape index (κ2) is 2.20. The van der Waals surface area contributed by atoms with Gasteiger partial charge < -0.3 is 5.32 Å². The van der Waals surface area contributed by atoms with Crippen LogP contribution < -0.4 is 5.32 Å². The number of rotatable bonds is 0. The predicted molar refractivity (Wildman–Crippen MR) is 46.6 cm³/mol. The monoisotopic (exact) mass is 154 g/mol. The van der Waals surface area contributed by atoms with Crippen LogP contribution in [-0.4, -0.2) is 36.1 Å². The Morgan fingerprint density at radius 2 is 2.00 bits per heavy atom. The van der Waals surface area contributed by atoms with Gasteiger partial charge in [0.2, 0.25) is 0 Å². The molecule has 2 saturated heterocycles. The van der Waals surface area contributed by atoms with Gasteiger partial charge in [-0.3, -0.25) is 4.90 Å². The summed E-state index contributed by atoms with van der Waals surface area (Å²) in [6, 6.07) is 0.814. The predicted octanol–water partition coefficient (Wildman–Crippen LogP) is 0.688. The summed E-state index contributed by atoms with van der Waals surface area (Å²) >= 11 is 0. The van der Waals surface area contributed by atoms with Crippen LogP contribution in [0.25, 0.3) is 0 Å². The maximum atomic E-state index is 3.47. The van der Waals surface area contributed by atoms with E-state index in [4.69, 9.17) is 0 Å². The molecule has 1 N–H and O–H groups in total. The second-order valence-electron chi connectivity index (χ2n) is 4.85. The van der Waals surface area contributed by atoms with Gasteiger partial charge in [0, 0.05) is 37.1 Å². The Labute approximate surface area is 69.0 Å². The van der Waals surface area contributed by atoms with Crippen molar-refractivity contribution in [3.8, 4) is 0 Å². The highest BCUT2D eigenvalue weighted by atomic mass is 15.3. The lowest BCUT2D eigenvalue weighted by Gasteiger charge is -2.31. The molecule has 0 amide bonds. The molecule has 2 aliphatic rings. The van der Waals surface area contributed by atoms with Gasteiger partial charge >= 0.3 is 0 Å². The van der Waals surface area contributed by atoms with E-state index in [1.165, 1.54) is 19.6 Å². The van der Waals surface area contributed by atoms with Crippen LogP contribution in [0.1, 0.15) is 20.8 Å². The molecule has 0 spiro atoms. The van der Waals surface area contributed by atoms with Gasteiger partial charge in [-0.2, -0.15) is 0 Å². The van der Waals surface area contributed by atoms with Crippen molar-refractivity contribution in [2.24, 2.45) is 5.92 Å². The van der Waals surface area contributed by atoms with Crippen molar-refractivity contribution in [1.82, 2.24) is 10.2 Å². The molecule has 2 heterocycles. The molecular weight excluding hydrogens is 136 g/mol. The molecule has 1 unspecified atom stereocenters. The third kappa shape index (κ3) is 1.18. The molecule has 2 aliphatic heterocycles. The molecule has 0 radical (unpaired) electrons. The second-order valence-corrected chi connectivity index (χ2v) is 4.85. The molecule has 64 valence electrons. The van der Waals surface area contributed by atoms with E-state index < -0.39 is 0 Å². The van der Waals surface area contributed by atoms with Gasteiger partial charge in [-0.15, -0.1) is 0 Å². The standard InChI is InChI=1S/C9H18N2/c1-9(2,3)11-5-7-4-10-8(7)6-11/h7-8,10H,4-6H2,1-3H3/t7?,8-/m1/s1. The first-order valence-corrected chi connectivity index (χ1v) is 4.56. The fraction of sp³-hybridized carbons (Fsp3) is 1.00. The summed E-state index contributed by atoms with van der Waals surface area (Å²) < 4.78 is 0. The third-order valence-corrected chi connectivity index (χ3v) is 3.03. The summed E-state index contributed by atoms with van der Waals surface area (Å²) in [5.41, 5.74) is 0.374. The Kier molecular flexibility index (Phi) is 1.52. The Morgan fingerprint density at radius 1 is 1.27 bits per heavy atom. The first kappa shape index (κ1) is 7.56. The van der Waals surface area contributed by atoms with Crippen molar-refractivity contribution in [2.75, 3.05) is 19.6 Å². The van der Waals surface area contributed by atoms with Crippen LogP contribution in [-0.2, 0) is 0 Å². The smallest absolute Gasteiger partial charge is 0.0247 e. The highest BCUT2D eigenvalue weighted by Gasteiger charge is 2.42. The van der Waals surface area contributed by atoms with Crippen molar-refractivity contribution in [2.45, 2.75) is 32.4 Å². The molecule has 0 aromatic carbocycles. The first-order chi connectivity index (χ1) is 5.07. The molecule has 2 atom stereocenters. The van der Waals surface area contributed by atoms with Crippen LogP contribution in [0.4, 0.5) is 0 Å². The Bertz CT molecular complexity index is 147. The van der Waals surface area contributed by atoms with E-state index in [0.717, 1.165) is 12.0 Å². The van der Waals surface area contributed by atoms with E-state index in [9.17, 15) is 0 Å². The maximum Gasteiger partial charge on any atom is 0.0247 e. The SMILES string of the molecule is CC(C)(C)N1CC2CN[C@@H]2C1. The van der Waals surface area contributed by atoms with Crippen molar-refractivity contribution >= 4 is 0 Å². The lowest BCUT2D eigenvalue weighted by atomic mass is 9.96. The molecule has 0 bridgehead atoms. The fourth-order valence-electron chi connectivity index (χ4n) is 2.00. The van der Waals surface area contributed by atoms with Crippen LogP contribution in [0.15, 0.2) is 0 Å². The average Bonchev–Trinajstić information content (AvgIpc) is 2.06. The molecule has 0 saturated carbocycles. The first-order valence-electron chi connectivity index (χ1n) is 4.56. The van der Waals surface area contributed by atoms with Gasteiger partial charge in [0.25, 0.3) is 0 Å². The minimum absolute atomic E-state index is 0.374. The van der Waals surface area contributed by atoms with Crippen molar-refractivity contribution in [3.05, 3.63) is 0 Å². The number of nitrogens with one attached hydrogen (secondary N) is 1. The van der Waals surface area contributed by atoms with E-state index in [1.807, 2.05) is 0 Å². The van der Waals surface area contributed by atoms with Gasteiger partial charge in [-0.1, -0.05) is 0 Å². The van der Waals surface area contributed by atoms with Gasteiger partial charge in [-0.25, -0.2) is 0 Å². The van der Waals surface area contributed by atoms with Crippen LogP contribution in [0.5, 0.6) is 0 Å². The van der Waals surface area contributed by atoms with E-state index in [-0.39, 0.29) is 0 Å². The summed E-state index contributed by atoms with van der Waals surface area (Å²) in [5, 5.41) is 3.47. The maximum absolute atomic E-state index is 3.47. The molecular formula is C9H18N2. The Hall–Kier alpha value is -0.0800. The zero-order valence-electron chi connectivity index (χ0n) is 7.72. The van der Waals surface area contributed by atoms with Crippen molar-refractivity contribution in [1.29, 1.82) is 0 Å². The zero-order chi connectivity index (χ0) is 8.06. The highest BCUT2D eigenvalue weighted by Crippen LogP contribution is 2.28. The number of likely N-dealkylation sites (tertiary alicyclic amines) is 1. The minimum Gasteiger partial charge on any atom is -0.312 e. The quantitative estimate of drug-likeness (QED) is 0.552. The van der Waals surface area contributed by atoms with Crippen LogP contribution in [0.2, 0.25) is 0 Å². The lowest BCUT2D eigenvalue weighted by Crippen LogP contribution is -2.51. The van der Waals surface area contributed by atoms with E-state index in [2.05, 4.69) is 31.0 Å². The minimum atomic E-state index is 0.374. The third-order valence-electron chi connectivity index (χ3n) is 3.03. The Morgan fingerprint density at radius 3 is 2.27 bits per heavy atom. The molecule has 0 aliphatic carbocycles. The van der Waals surface area contributed by atoms with Gasteiger partial charge in [0.1, 0.15) is 0 Å². The van der Waals surface area contributed by atoms with Crippen molar-refractivity contribution in [3.63, 3.8) is 0 Å². The molecule has 0 aromatic heterocycles. The van der Waals surface area contributed by atoms with Crippen LogP contribution in [0.3, 0.4) is 0 Å². The largest absolute Gasteiger partial charge is 0.312 e. The molecule has 2 rings (SSSR count). The molecule has 2 nitrogen and oxygen atoms in total. The number of fused-ring (bicyclic) bond motifs is 1. The summed E-state index contributed by atoms with van der Waals surface area (Å²) in [4.78, 5) is 2.59. The summed E-state index contributed by atoms with van der Waals surface area (Å²) in [6.07, 6.45) is 0. The van der Waals surface area contributed by atoms with Crippen LogP contribution >= 0.6 is 0 Å². The van der Waals surface area contributed by atoms with Crippen LogP contribution in [0, 0.1) is 5.92 Å². The molecule has 11 heavy (non-hydrogen) atoms. The van der Waals surface area contributed by atoms with E-state index in [0.29, 0.717) is 5.54 Å². The molecule has 2 fully saturated rings. The molecule has 2 heteroatoms. The summed E-state index contributed by atoms with van der Waals surface area (Å²) in [7, 11) is 0. The van der Waals surface area contributed by atoms with E-state index in [1.54, 1.807) is 0 Å². The molecule has 0 aromatic rings. The van der Waals surface area contributed by atoms with E-state index >= 15 is 0 Å². The van der Waals surface area contributed by atoms with Gasteiger partial charge in [0.05, 0.1) is 0 Å².